The second kappa shape index (κ2) is 5.80. The molecule has 0 N–H and O–H groups in total. The SMILES string of the molecule is CC(c1ccc(C(F)F)nc1)[N+](C#N)=S(C)[O-]. The van der Waals surface area contributed by atoms with Crippen LogP contribution in [0.2, 0.25) is 0 Å². The molecule has 0 amide bonds. The third-order valence-electron chi connectivity index (χ3n) is 2.24. The fourth-order valence-electron chi connectivity index (χ4n) is 1.30. The van der Waals surface area contributed by atoms with Crippen LogP contribution in [0.5, 0.6) is 0 Å². The van der Waals surface area contributed by atoms with Crippen molar-refractivity contribution >= 4 is 11.0 Å². The van der Waals surface area contributed by atoms with E-state index in [1.165, 1.54) is 24.6 Å². The van der Waals surface area contributed by atoms with Crippen molar-refractivity contribution in [1.29, 1.82) is 5.26 Å². The third kappa shape index (κ3) is 3.28. The number of nitrogens with zero attached hydrogens (tertiary/aromatic N) is 3. The van der Waals surface area contributed by atoms with Crippen molar-refractivity contribution < 1.29 is 17.3 Å². The molecule has 0 fully saturated rings. The van der Waals surface area contributed by atoms with Gasteiger partial charge in [0.25, 0.3) is 6.43 Å². The molecule has 0 saturated carbocycles. The summed E-state index contributed by atoms with van der Waals surface area (Å²) >= 11 is 0. The smallest absolute Gasteiger partial charge is 0.465 e. The summed E-state index contributed by atoms with van der Waals surface area (Å²) in [6.45, 7) is 1.66. The van der Waals surface area contributed by atoms with Crippen molar-refractivity contribution in [3.8, 4) is 6.19 Å². The molecule has 1 aromatic heterocycles. The Balaban J connectivity index is 3.03. The Morgan fingerprint density at radius 2 is 2.18 bits per heavy atom. The lowest BCUT2D eigenvalue weighted by Crippen LogP contribution is -2.15. The molecule has 0 aliphatic rings. The van der Waals surface area contributed by atoms with Gasteiger partial charge in [-0.15, -0.1) is 11.0 Å². The molecule has 1 aromatic rings. The topological polar surface area (TPSA) is 62.8 Å². The van der Waals surface area contributed by atoms with Gasteiger partial charge in [-0.2, -0.15) is 3.95 Å². The van der Waals surface area contributed by atoms with E-state index in [9.17, 15) is 13.3 Å². The van der Waals surface area contributed by atoms with Crippen LogP contribution >= 0.6 is 0 Å². The van der Waals surface area contributed by atoms with Gasteiger partial charge in [-0.05, 0) is 19.2 Å². The predicted octanol–water partition coefficient (Wildman–Crippen LogP) is 2.14. The summed E-state index contributed by atoms with van der Waals surface area (Å²) in [5.74, 6) is 0. The van der Waals surface area contributed by atoms with Crippen LogP contribution in [0.25, 0.3) is 0 Å². The first-order valence-corrected chi connectivity index (χ1v) is 6.25. The van der Waals surface area contributed by atoms with Crippen molar-refractivity contribution in [2.75, 3.05) is 6.26 Å². The minimum atomic E-state index is -2.62. The van der Waals surface area contributed by atoms with E-state index < -0.39 is 23.4 Å². The fourth-order valence-corrected chi connectivity index (χ4v) is 1.98. The average Bonchev–Trinajstić information content (AvgIpc) is 2.29. The zero-order valence-corrected chi connectivity index (χ0v) is 10.1. The van der Waals surface area contributed by atoms with Crippen molar-refractivity contribution in [3.63, 3.8) is 0 Å². The molecule has 2 atom stereocenters. The van der Waals surface area contributed by atoms with Crippen molar-refractivity contribution in [3.05, 3.63) is 29.6 Å². The molecule has 0 aliphatic heterocycles. The van der Waals surface area contributed by atoms with Crippen LogP contribution in [-0.4, -0.2) is 19.7 Å². The van der Waals surface area contributed by atoms with Gasteiger partial charge in [-0.25, -0.2) is 8.78 Å². The minimum absolute atomic E-state index is 0.318. The van der Waals surface area contributed by atoms with Gasteiger partial charge in [0.15, 0.2) is 5.26 Å². The van der Waals surface area contributed by atoms with Gasteiger partial charge < -0.3 is 4.55 Å². The molecule has 2 unspecified atom stereocenters. The first-order chi connectivity index (χ1) is 7.97. The van der Waals surface area contributed by atoms with Gasteiger partial charge in [0, 0.05) is 11.8 Å². The standard InChI is InChI=1S/C10H11F2N3OS/c1-7(15(6-13)17(2)16)8-3-4-9(10(11)12)14-5-8/h3-5,7,10H,1-2H3. The molecule has 4 nitrogen and oxygen atoms in total. The highest BCUT2D eigenvalue weighted by Gasteiger charge is 2.16. The van der Waals surface area contributed by atoms with E-state index in [1.807, 2.05) is 0 Å². The van der Waals surface area contributed by atoms with Crippen LogP contribution in [-0.2, 0) is 11.0 Å². The van der Waals surface area contributed by atoms with Gasteiger partial charge in [-0.3, -0.25) is 4.98 Å². The summed E-state index contributed by atoms with van der Waals surface area (Å²) in [5.41, 5.74) is 0.244. The average molecular weight is 259 g/mol. The normalized spacial score (nSPS) is 15.2. The lowest BCUT2D eigenvalue weighted by Gasteiger charge is -2.14. The zero-order chi connectivity index (χ0) is 13.0. The van der Waals surface area contributed by atoms with Crippen molar-refractivity contribution in [2.24, 2.45) is 0 Å². The lowest BCUT2D eigenvalue weighted by molar-refractivity contribution is -0.463. The quantitative estimate of drug-likeness (QED) is 0.474. The molecule has 0 aromatic carbocycles. The Labute approximate surface area is 100 Å². The predicted molar refractivity (Wildman–Crippen MR) is 57.5 cm³/mol. The van der Waals surface area contributed by atoms with E-state index in [1.54, 1.807) is 13.1 Å². The number of rotatable bonds is 3. The number of nitriles is 1. The number of hydrogen-bond acceptors (Lipinski definition) is 3. The molecule has 0 aliphatic carbocycles. The summed E-state index contributed by atoms with van der Waals surface area (Å²) in [7, 11) is -1.45. The van der Waals surface area contributed by atoms with Crippen LogP contribution in [0.3, 0.4) is 0 Å². The zero-order valence-electron chi connectivity index (χ0n) is 9.30. The number of hydrogen-bond donors (Lipinski definition) is 0. The summed E-state index contributed by atoms with van der Waals surface area (Å²) in [6, 6.07) is 2.19. The van der Waals surface area contributed by atoms with E-state index in [0.717, 1.165) is 3.95 Å². The largest absolute Gasteiger partial charge is 0.772 e. The Kier molecular flexibility index (Phi) is 4.66. The molecular formula is C10H11F2N3OS. The van der Waals surface area contributed by atoms with Gasteiger partial charge in [0.05, 0.1) is 0 Å². The monoisotopic (exact) mass is 259 g/mol. The Bertz CT molecular complexity index is 463. The van der Waals surface area contributed by atoms with Crippen molar-refractivity contribution in [1.82, 2.24) is 4.98 Å². The van der Waals surface area contributed by atoms with Gasteiger partial charge in [-0.1, -0.05) is 6.07 Å². The Morgan fingerprint density at radius 1 is 1.53 bits per heavy atom. The van der Waals surface area contributed by atoms with Crippen LogP contribution in [0.4, 0.5) is 8.78 Å². The Hall–Kier alpha value is -1.39. The number of halogens is 2. The number of alkyl halides is 2. The number of aromatic nitrogens is 1. The maximum Gasteiger partial charge on any atom is 0.465 e. The fraction of sp³-hybridized carbons (Fsp3) is 0.400. The minimum Gasteiger partial charge on any atom is -0.772 e. The molecule has 0 bridgehead atoms. The van der Waals surface area contributed by atoms with Gasteiger partial charge in [0.1, 0.15) is 11.7 Å². The van der Waals surface area contributed by atoms with E-state index in [4.69, 9.17) is 5.26 Å². The molecule has 0 spiro atoms. The second-order valence-electron chi connectivity index (χ2n) is 3.34. The number of pyridine rings is 1. The molecule has 0 radical (unpaired) electrons. The van der Waals surface area contributed by atoms with Gasteiger partial charge >= 0.3 is 6.19 Å². The highest BCUT2D eigenvalue weighted by atomic mass is 32.2. The maximum absolute atomic E-state index is 12.3. The van der Waals surface area contributed by atoms with Crippen molar-refractivity contribution in [2.45, 2.75) is 19.4 Å². The van der Waals surface area contributed by atoms with E-state index >= 15 is 0 Å². The lowest BCUT2D eigenvalue weighted by atomic mass is 10.1. The van der Waals surface area contributed by atoms with Crippen LogP contribution in [0.15, 0.2) is 18.3 Å². The van der Waals surface area contributed by atoms with E-state index in [2.05, 4.69) is 4.98 Å². The first kappa shape index (κ1) is 13.7. The second-order valence-corrected chi connectivity index (χ2v) is 4.58. The molecule has 92 valence electrons. The van der Waals surface area contributed by atoms with Crippen LogP contribution in [0, 0.1) is 11.5 Å². The summed E-state index contributed by atoms with van der Waals surface area (Å²) < 4.78 is 36.9. The van der Waals surface area contributed by atoms with Crippen LogP contribution in [0.1, 0.15) is 30.6 Å². The molecule has 1 rings (SSSR count). The highest BCUT2D eigenvalue weighted by Crippen LogP contribution is 2.20. The summed E-state index contributed by atoms with van der Waals surface area (Å²) in [5, 5.41) is 8.81. The Morgan fingerprint density at radius 3 is 2.53 bits per heavy atom. The molecular weight excluding hydrogens is 248 g/mol. The first-order valence-electron chi connectivity index (χ1n) is 4.74. The maximum atomic E-state index is 12.3. The summed E-state index contributed by atoms with van der Waals surface area (Å²) in [6.07, 6.45) is 1.82. The third-order valence-corrected chi connectivity index (χ3v) is 3.19. The van der Waals surface area contributed by atoms with Crippen LogP contribution < -0.4 is 0 Å². The summed E-state index contributed by atoms with van der Waals surface area (Å²) in [4.78, 5) is 3.59. The molecule has 1 heterocycles. The van der Waals surface area contributed by atoms with E-state index in [0.29, 0.717) is 5.56 Å². The van der Waals surface area contributed by atoms with E-state index in [-0.39, 0.29) is 5.69 Å². The molecule has 7 heteroatoms. The molecule has 17 heavy (non-hydrogen) atoms. The highest BCUT2D eigenvalue weighted by molar-refractivity contribution is 7.78. The molecule has 0 saturated heterocycles. The van der Waals surface area contributed by atoms with Gasteiger partial charge in [0.2, 0.25) is 0 Å².